The van der Waals surface area contributed by atoms with Crippen molar-refractivity contribution in [2.75, 3.05) is 20.1 Å². The van der Waals surface area contributed by atoms with E-state index in [2.05, 4.69) is 0 Å². The molecule has 0 aliphatic carbocycles. The molecule has 0 aromatic heterocycles. The molecule has 40 heavy (non-hydrogen) atoms. The molecule has 0 radical (unpaired) electrons. The number of benzene rings is 2. The number of ketones is 1. The Labute approximate surface area is 239 Å². The minimum Gasteiger partial charge on any atom is -0.300 e. The molecule has 0 fully saturated rings. The van der Waals surface area contributed by atoms with Gasteiger partial charge in [-0.15, -0.1) is 0 Å². The first-order valence-corrected chi connectivity index (χ1v) is 12.6. The van der Waals surface area contributed by atoms with E-state index in [-0.39, 0.29) is 33.8 Å². The first kappa shape index (κ1) is 34.3. The van der Waals surface area contributed by atoms with E-state index in [0.717, 1.165) is 18.2 Å². The zero-order valence-electron chi connectivity index (χ0n) is 21.1. The monoisotopic (exact) mass is 641 g/mol. The molecule has 0 saturated heterocycles. The van der Waals surface area contributed by atoms with Gasteiger partial charge in [0, 0.05) is 31.0 Å². The summed E-state index contributed by atoms with van der Waals surface area (Å²) in [5.41, 5.74) is -3.85. The Morgan fingerprint density at radius 1 is 0.975 bits per heavy atom. The second-order valence-electron chi connectivity index (χ2n) is 9.59. The fourth-order valence-electron chi connectivity index (χ4n) is 4.11. The van der Waals surface area contributed by atoms with E-state index in [1.807, 2.05) is 0 Å². The van der Waals surface area contributed by atoms with Gasteiger partial charge in [0.1, 0.15) is 11.7 Å². The van der Waals surface area contributed by atoms with Crippen LogP contribution < -0.4 is 0 Å². The maximum absolute atomic E-state index is 15.0. The zero-order chi connectivity index (χ0) is 30.8. The molecule has 0 aliphatic heterocycles. The predicted octanol–water partition coefficient (Wildman–Crippen LogP) is 10.1. The Balaban J connectivity index is 2.43. The van der Waals surface area contributed by atoms with Gasteiger partial charge in [0.2, 0.25) is 0 Å². The third-order valence-electron chi connectivity index (χ3n) is 5.64. The van der Waals surface area contributed by atoms with E-state index in [1.165, 1.54) is 18.9 Å². The lowest BCUT2D eigenvalue weighted by molar-refractivity contribution is -0.140. The quantitative estimate of drug-likeness (QED) is 0.146. The van der Waals surface area contributed by atoms with Crippen molar-refractivity contribution in [1.29, 1.82) is 0 Å². The second-order valence-corrected chi connectivity index (χ2v) is 10.8. The van der Waals surface area contributed by atoms with Crippen LogP contribution >= 0.6 is 34.8 Å². The van der Waals surface area contributed by atoms with Crippen LogP contribution in [0.15, 0.2) is 36.4 Å². The molecule has 222 valence electrons. The highest BCUT2D eigenvalue weighted by molar-refractivity contribution is 6.48. The molecule has 2 aromatic rings. The summed E-state index contributed by atoms with van der Waals surface area (Å²) in [4.78, 5) is 13.9. The van der Waals surface area contributed by atoms with Gasteiger partial charge in [0.25, 0.3) is 5.92 Å². The van der Waals surface area contributed by atoms with Crippen LogP contribution in [0, 0.1) is 5.92 Å². The van der Waals surface area contributed by atoms with E-state index in [9.17, 15) is 39.9 Å². The maximum atomic E-state index is 15.0. The van der Waals surface area contributed by atoms with Gasteiger partial charge in [-0.3, -0.25) is 4.79 Å². The molecule has 0 N–H and O–H groups in total. The molecule has 14 heteroatoms. The summed E-state index contributed by atoms with van der Waals surface area (Å²) in [5, 5.41) is -0.937. The van der Waals surface area contributed by atoms with Crippen molar-refractivity contribution in [3.63, 3.8) is 0 Å². The highest BCUT2D eigenvalue weighted by atomic mass is 35.5. The summed E-state index contributed by atoms with van der Waals surface area (Å²) in [5.74, 6) is -8.94. The summed E-state index contributed by atoms with van der Waals surface area (Å²) >= 11 is 17.3. The van der Waals surface area contributed by atoms with Gasteiger partial charge >= 0.3 is 12.4 Å². The minimum atomic E-state index is -5.16. The van der Waals surface area contributed by atoms with E-state index >= 15 is 4.39 Å². The number of allylic oxidation sites excluding steroid dienone is 1. The normalized spacial score (nSPS) is 14.9. The van der Waals surface area contributed by atoms with Gasteiger partial charge in [-0.1, -0.05) is 53.9 Å². The summed E-state index contributed by atoms with van der Waals surface area (Å²) in [6.45, 7) is 1.52. The Kier molecular flexibility index (Phi) is 11.1. The SMILES string of the molecule is C[C@@H](CC(=O)c1ccc(/C(F)=C/C(c2cc(Cl)c(Cl)c(Cl)c2)C(F)(F)F)cc1C(F)(F)F)CN(C)CC(C)(F)F. The number of nitrogens with zero attached hydrogens (tertiary/aromatic N) is 1. The number of hydrogen-bond acceptors (Lipinski definition) is 2. The highest BCUT2D eigenvalue weighted by Gasteiger charge is 2.41. The van der Waals surface area contributed by atoms with E-state index < -0.39 is 76.9 Å². The molecule has 0 saturated carbocycles. The van der Waals surface area contributed by atoms with Gasteiger partial charge in [-0.2, -0.15) is 26.3 Å². The lowest BCUT2D eigenvalue weighted by Gasteiger charge is -2.24. The third kappa shape index (κ3) is 9.56. The zero-order valence-corrected chi connectivity index (χ0v) is 23.4. The van der Waals surface area contributed by atoms with E-state index in [4.69, 9.17) is 34.8 Å². The minimum absolute atomic E-state index is 0.0243. The average Bonchev–Trinajstić information content (AvgIpc) is 2.77. The van der Waals surface area contributed by atoms with Crippen LogP contribution in [-0.4, -0.2) is 42.9 Å². The second kappa shape index (κ2) is 12.9. The number of hydrogen-bond donors (Lipinski definition) is 0. The number of carbonyl (C=O) groups excluding carboxylic acids is 1. The molecule has 0 spiro atoms. The van der Waals surface area contributed by atoms with Crippen LogP contribution in [0.3, 0.4) is 0 Å². The summed E-state index contributed by atoms with van der Waals surface area (Å²) in [7, 11) is 1.36. The van der Waals surface area contributed by atoms with E-state index in [0.29, 0.717) is 13.0 Å². The fourth-order valence-corrected chi connectivity index (χ4v) is 4.72. The lowest BCUT2D eigenvalue weighted by Crippen LogP contribution is -2.35. The van der Waals surface area contributed by atoms with Crippen molar-refractivity contribution in [1.82, 2.24) is 4.90 Å². The first-order chi connectivity index (χ1) is 18.1. The summed E-state index contributed by atoms with van der Waals surface area (Å²) < 4.78 is 124. The topological polar surface area (TPSA) is 20.3 Å². The summed E-state index contributed by atoms with van der Waals surface area (Å²) in [6.07, 6.45) is -10.6. The molecule has 2 aromatic carbocycles. The molecular formula is C26H23Cl3F9NO. The van der Waals surface area contributed by atoms with Gasteiger partial charge in [0.15, 0.2) is 5.78 Å². The Morgan fingerprint density at radius 3 is 2.00 bits per heavy atom. The predicted molar refractivity (Wildman–Crippen MR) is 137 cm³/mol. The smallest absolute Gasteiger partial charge is 0.300 e. The Hall–Kier alpha value is -1.95. The lowest BCUT2D eigenvalue weighted by atomic mass is 9.92. The molecule has 0 bridgehead atoms. The number of rotatable bonds is 10. The Morgan fingerprint density at radius 2 is 1.52 bits per heavy atom. The van der Waals surface area contributed by atoms with Crippen molar-refractivity contribution in [2.24, 2.45) is 5.92 Å². The molecule has 0 amide bonds. The van der Waals surface area contributed by atoms with Crippen LogP contribution in [0.4, 0.5) is 39.5 Å². The molecule has 1 unspecified atom stereocenters. The van der Waals surface area contributed by atoms with Crippen LogP contribution in [-0.2, 0) is 6.18 Å². The van der Waals surface area contributed by atoms with Crippen molar-refractivity contribution in [2.45, 2.75) is 44.5 Å². The van der Waals surface area contributed by atoms with Crippen molar-refractivity contribution >= 4 is 46.4 Å². The van der Waals surface area contributed by atoms with Gasteiger partial charge in [0.05, 0.1) is 27.2 Å². The molecule has 2 nitrogen and oxygen atoms in total. The van der Waals surface area contributed by atoms with Crippen molar-refractivity contribution in [3.05, 3.63) is 73.7 Å². The number of Topliss-reactive ketones (excluding diaryl/α,β-unsaturated/α-hetero) is 1. The largest absolute Gasteiger partial charge is 0.417 e. The van der Waals surface area contributed by atoms with Crippen LogP contribution in [0.1, 0.15) is 53.2 Å². The fraction of sp³-hybridized carbons (Fsp3) is 0.423. The highest BCUT2D eigenvalue weighted by Crippen LogP contribution is 2.43. The van der Waals surface area contributed by atoms with E-state index in [1.54, 1.807) is 0 Å². The molecule has 0 heterocycles. The van der Waals surface area contributed by atoms with Gasteiger partial charge < -0.3 is 4.90 Å². The third-order valence-corrected chi connectivity index (χ3v) is 6.83. The standard InChI is InChI=1S/C26H23Cl3F9NO/c1-13(11-39(3)12-24(2,31)32)6-22(40)16-5-4-14(7-18(16)26(36,37)38)21(30)10-17(25(33,34)35)15-8-19(27)23(29)20(28)9-15/h4-5,7-10,13,17H,6,11-12H2,1-3H3/b21-10-/t13-,17?/m0/s1. The van der Waals surface area contributed by atoms with Crippen molar-refractivity contribution < 1.29 is 44.3 Å². The van der Waals surface area contributed by atoms with Gasteiger partial charge in [-0.25, -0.2) is 13.2 Å². The Bertz CT molecular complexity index is 1230. The van der Waals surface area contributed by atoms with Crippen molar-refractivity contribution in [3.8, 4) is 0 Å². The number of alkyl halides is 8. The maximum Gasteiger partial charge on any atom is 0.417 e. The number of halogens is 12. The molecule has 2 atom stereocenters. The molecule has 0 aliphatic rings. The van der Waals surface area contributed by atoms with Crippen LogP contribution in [0.5, 0.6) is 0 Å². The average molecular weight is 643 g/mol. The molecular weight excluding hydrogens is 620 g/mol. The van der Waals surface area contributed by atoms with Crippen LogP contribution in [0.2, 0.25) is 15.1 Å². The summed E-state index contributed by atoms with van der Waals surface area (Å²) in [6, 6.07) is 3.27. The molecule has 2 rings (SSSR count). The van der Waals surface area contributed by atoms with Crippen LogP contribution in [0.25, 0.3) is 5.83 Å². The number of carbonyl (C=O) groups is 1. The first-order valence-electron chi connectivity index (χ1n) is 11.5. The van der Waals surface area contributed by atoms with Gasteiger partial charge in [-0.05, 0) is 42.8 Å².